The van der Waals surface area contributed by atoms with Crippen LogP contribution in [0, 0.1) is 5.92 Å². The van der Waals surface area contributed by atoms with Gasteiger partial charge in [-0.05, 0) is 38.6 Å². The van der Waals surface area contributed by atoms with Crippen LogP contribution in [0.2, 0.25) is 0 Å². The molecule has 0 aliphatic heterocycles. The molecule has 0 radical (unpaired) electrons. The van der Waals surface area contributed by atoms with Crippen molar-refractivity contribution >= 4 is 11.3 Å². The van der Waals surface area contributed by atoms with Crippen molar-refractivity contribution in [2.24, 2.45) is 5.92 Å². The summed E-state index contributed by atoms with van der Waals surface area (Å²) in [6.07, 6.45) is 6.83. The first-order valence-corrected chi connectivity index (χ1v) is 7.73. The molecule has 1 aromatic rings. The molecule has 17 heavy (non-hydrogen) atoms. The summed E-state index contributed by atoms with van der Waals surface area (Å²) in [7, 11) is 2.04. The third-order valence-corrected chi connectivity index (χ3v) is 5.32. The molecule has 2 saturated carbocycles. The second kappa shape index (κ2) is 4.69. The maximum absolute atomic E-state index is 4.99. The molecule has 2 unspecified atom stereocenters. The maximum atomic E-state index is 4.99. The van der Waals surface area contributed by atoms with Gasteiger partial charge in [-0.1, -0.05) is 13.3 Å². The number of hydrogen-bond donors (Lipinski definition) is 1. The van der Waals surface area contributed by atoms with Crippen molar-refractivity contribution in [3.8, 4) is 0 Å². The molecule has 94 valence electrons. The Labute approximate surface area is 108 Å². The Morgan fingerprint density at radius 2 is 2.00 bits per heavy atom. The zero-order valence-corrected chi connectivity index (χ0v) is 11.6. The van der Waals surface area contributed by atoms with E-state index in [9.17, 15) is 0 Å². The average molecular weight is 250 g/mol. The van der Waals surface area contributed by atoms with E-state index in [0.717, 1.165) is 24.3 Å². The fourth-order valence-corrected chi connectivity index (χ4v) is 4.26. The van der Waals surface area contributed by atoms with Gasteiger partial charge in [-0.2, -0.15) is 0 Å². The summed E-state index contributed by atoms with van der Waals surface area (Å²) in [6.45, 7) is 3.38. The van der Waals surface area contributed by atoms with E-state index < -0.39 is 0 Å². The first kappa shape index (κ1) is 11.7. The highest BCUT2D eigenvalue weighted by Gasteiger charge is 2.32. The van der Waals surface area contributed by atoms with Gasteiger partial charge in [0.2, 0.25) is 0 Å². The van der Waals surface area contributed by atoms with Crippen LogP contribution in [0.4, 0.5) is 0 Å². The summed E-state index contributed by atoms with van der Waals surface area (Å²) in [6, 6.07) is 0. The quantitative estimate of drug-likeness (QED) is 0.882. The van der Waals surface area contributed by atoms with Crippen LogP contribution in [0.5, 0.6) is 0 Å². The highest BCUT2D eigenvalue weighted by Crippen LogP contribution is 2.46. The zero-order chi connectivity index (χ0) is 11.8. The Bertz CT molecular complexity index is 395. The minimum absolute atomic E-state index is 0.762. The molecular formula is C14H22N2S. The smallest absolute Gasteiger partial charge is 0.0962 e. The average Bonchev–Trinajstić information content (AvgIpc) is 2.93. The Hall–Kier alpha value is -0.410. The van der Waals surface area contributed by atoms with Gasteiger partial charge in [-0.25, -0.2) is 4.98 Å². The van der Waals surface area contributed by atoms with Crippen LogP contribution in [0.3, 0.4) is 0 Å². The molecule has 0 aromatic carbocycles. The lowest BCUT2D eigenvalue weighted by molar-refractivity contribution is 0.595. The second-order valence-electron chi connectivity index (χ2n) is 5.78. The van der Waals surface area contributed by atoms with E-state index in [2.05, 4.69) is 12.2 Å². The molecule has 2 fully saturated rings. The van der Waals surface area contributed by atoms with E-state index in [4.69, 9.17) is 4.98 Å². The van der Waals surface area contributed by atoms with Crippen LogP contribution in [0.15, 0.2) is 0 Å². The normalized spacial score (nSPS) is 28.8. The van der Waals surface area contributed by atoms with Crippen LogP contribution in [-0.4, -0.2) is 12.0 Å². The van der Waals surface area contributed by atoms with Crippen molar-refractivity contribution in [2.75, 3.05) is 7.05 Å². The number of nitrogens with one attached hydrogen (secondary N) is 1. The predicted octanol–water partition coefficient (Wildman–Crippen LogP) is 3.64. The summed E-state index contributed by atoms with van der Waals surface area (Å²) in [5, 5.41) is 4.72. The third kappa shape index (κ3) is 2.41. The van der Waals surface area contributed by atoms with Crippen LogP contribution >= 0.6 is 11.3 Å². The van der Waals surface area contributed by atoms with Crippen molar-refractivity contribution < 1.29 is 0 Å². The molecule has 2 aliphatic rings. The van der Waals surface area contributed by atoms with Gasteiger partial charge >= 0.3 is 0 Å². The third-order valence-electron chi connectivity index (χ3n) is 4.09. The monoisotopic (exact) mass is 250 g/mol. The predicted molar refractivity (Wildman–Crippen MR) is 72.6 cm³/mol. The number of nitrogens with zero attached hydrogens (tertiary/aromatic N) is 1. The Morgan fingerprint density at radius 1 is 1.24 bits per heavy atom. The van der Waals surface area contributed by atoms with Crippen LogP contribution in [-0.2, 0) is 6.54 Å². The van der Waals surface area contributed by atoms with Gasteiger partial charge in [0.25, 0.3) is 0 Å². The largest absolute Gasteiger partial charge is 0.315 e. The molecule has 0 amide bonds. The van der Waals surface area contributed by atoms with E-state index in [0.29, 0.717) is 0 Å². The number of hydrogen-bond acceptors (Lipinski definition) is 3. The standard InChI is InChI=1S/C14H22N2S/c1-9-3-4-11(7-9)14-16-13(10-5-6-10)12(17-14)8-15-2/h9-11,15H,3-8H2,1-2H3. The SMILES string of the molecule is CNCc1sc(C2CCC(C)C2)nc1C1CC1. The van der Waals surface area contributed by atoms with Crippen molar-refractivity contribution in [1.82, 2.24) is 10.3 Å². The van der Waals surface area contributed by atoms with Crippen molar-refractivity contribution in [3.05, 3.63) is 15.6 Å². The molecule has 0 spiro atoms. The van der Waals surface area contributed by atoms with Crippen molar-refractivity contribution in [3.63, 3.8) is 0 Å². The topological polar surface area (TPSA) is 24.9 Å². The van der Waals surface area contributed by atoms with Gasteiger partial charge in [-0.15, -0.1) is 11.3 Å². The summed E-state index contributed by atoms with van der Waals surface area (Å²) < 4.78 is 0. The van der Waals surface area contributed by atoms with Gasteiger partial charge in [0, 0.05) is 23.3 Å². The molecule has 2 aliphatic carbocycles. The minimum atomic E-state index is 0.762. The molecule has 0 saturated heterocycles. The van der Waals surface area contributed by atoms with Crippen LogP contribution in [0.25, 0.3) is 0 Å². The first-order valence-electron chi connectivity index (χ1n) is 6.92. The van der Waals surface area contributed by atoms with Gasteiger partial charge in [0.1, 0.15) is 0 Å². The summed E-state index contributed by atoms with van der Waals surface area (Å²) in [5.74, 6) is 2.46. The Kier molecular flexibility index (Phi) is 3.22. The molecule has 2 atom stereocenters. The first-order chi connectivity index (χ1) is 8.28. The van der Waals surface area contributed by atoms with E-state index in [1.807, 2.05) is 18.4 Å². The van der Waals surface area contributed by atoms with Gasteiger partial charge < -0.3 is 5.32 Å². The van der Waals surface area contributed by atoms with E-state index in [1.54, 1.807) is 0 Å². The van der Waals surface area contributed by atoms with Crippen LogP contribution < -0.4 is 5.32 Å². The molecular weight excluding hydrogens is 228 g/mol. The van der Waals surface area contributed by atoms with Crippen molar-refractivity contribution in [1.29, 1.82) is 0 Å². The van der Waals surface area contributed by atoms with Gasteiger partial charge in [0.05, 0.1) is 10.7 Å². The fourth-order valence-electron chi connectivity index (χ4n) is 2.95. The summed E-state index contributed by atoms with van der Waals surface area (Å²) in [4.78, 5) is 6.49. The summed E-state index contributed by atoms with van der Waals surface area (Å²) >= 11 is 1.98. The number of thiazole rings is 1. The van der Waals surface area contributed by atoms with E-state index in [-0.39, 0.29) is 0 Å². The maximum Gasteiger partial charge on any atom is 0.0962 e. The highest BCUT2D eigenvalue weighted by molar-refractivity contribution is 7.11. The molecule has 1 N–H and O–H groups in total. The number of aromatic nitrogens is 1. The fraction of sp³-hybridized carbons (Fsp3) is 0.786. The number of rotatable bonds is 4. The van der Waals surface area contributed by atoms with E-state index >= 15 is 0 Å². The summed E-state index contributed by atoms with van der Waals surface area (Å²) in [5.41, 5.74) is 1.43. The molecule has 1 heterocycles. The molecule has 0 bridgehead atoms. The molecule has 3 heteroatoms. The second-order valence-corrected chi connectivity index (χ2v) is 6.90. The lowest BCUT2D eigenvalue weighted by atomic mass is 10.1. The molecule has 3 rings (SSSR count). The van der Waals surface area contributed by atoms with Crippen molar-refractivity contribution in [2.45, 2.75) is 57.4 Å². The van der Waals surface area contributed by atoms with Crippen LogP contribution in [0.1, 0.15) is 66.4 Å². The minimum Gasteiger partial charge on any atom is -0.315 e. The molecule has 1 aromatic heterocycles. The lowest BCUT2D eigenvalue weighted by Gasteiger charge is -2.04. The van der Waals surface area contributed by atoms with Gasteiger partial charge in [-0.3, -0.25) is 0 Å². The molecule has 2 nitrogen and oxygen atoms in total. The Balaban J connectivity index is 1.82. The highest BCUT2D eigenvalue weighted by atomic mass is 32.1. The van der Waals surface area contributed by atoms with E-state index in [1.165, 1.54) is 47.7 Å². The Morgan fingerprint density at radius 3 is 2.59 bits per heavy atom. The lowest BCUT2D eigenvalue weighted by Crippen LogP contribution is -2.05. The van der Waals surface area contributed by atoms with Gasteiger partial charge in [0.15, 0.2) is 0 Å². The zero-order valence-electron chi connectivity index (χ0n) is 10.8.